The van der Waals surface area contributed by atoms with Gasteiger partial charge in [-0.1, -0.05) is 12.1 Å². The lowest BCUT2D eigenvalue weighted by atomic mass is 9.99. The monoisotopic (exact) mass is 251 g/mol. The Morgan fingerprint density at radius 3 is 2.67 bits per heavy atom. The minimum absolute atomic E-state index is 0.369. The fourth-order valence-corrected chi connectivity index (χ4v) is 1.57. The molecular formula is C14H21NO3. The molecule has 1 aromatic carbocycles. The Hall–Kier alpha value is -1.55. The number of rotatable bonds is 6. The highest BCUT2D eigenvalue weighted by molar-refractivity contribution is 5.78. The number of hydrogen-bond acceptors (Lipinski definition) is 3. The number of aryl methyl sites for hydroxylation is 2. The summed E-state index contributed by atoms with van der Waals surface area (Å²) in [6.45, 7) is 6.00. The molecule has 0 spiro atoms. The van der Waals surface area contributed by atoms with Crippen LogP contribution in [0, 0.1) is 13.8 Å². The SMILES string of the molecule is CNC(C)(CCOc1cc(C)ccc1C)C(=O)O. The number of likely N-dealkylation sites (N-methyl/N-ethyl adjacent to an activating group) is 1. The lowest BCUT2D eigenvalue weighted by Crippen LogP contribution is -2.48. The fourth-order valence-electron chi connectivity index (χ4n) is 1.57. The molecule has 0 saturated carbocycles. The number of carboxylic acids is 1. The number of carboxylic acid groups (broad SMARTS) is 1. The van der Waals surface area contributed by atoms with Gasteiger partial charge in [0.05, 0.1) is 6.61 Å². The number of ether oxygens (including phenoxy) is 1. The van der Waals surface area contributed by atoms with Crippen molar-refractivity contribution in [2.45, 2.75) is 32.7 Å². The molecule has 0 aliphatic heterocycles. The molecule has 1 rings (SSSR count). The van der Waals surface area contributed by atoms with Crippen molar-refractivity contribution in [3.63, 3.8) is 0 Å². The smallest absolute Gasteiger partial charge is 0.323 e. The first-order valence-corrected chi connectivity index (χ1v) is 6.01. The van der Waals surface area contributed by atoms with Crippen LogP contribution in [0.1, 0.15) is 24.5 Å². The number of aliphatic carboxylic acids is 1. The van der Waals surface area contributed by atoms with E-state index in [-0.39, 0.29) is 0 Å². The van der Waals surface area contributed by atoms with Crippen molar-refractivity contribution >= 4 is 5.97 Å². The predicted octanol–water partition coefficient (Wildman–Crippen LogP) is 2.14. The highest BCUT2D eigenvalue weighted by Crippen LogP contribution is 2.20. The Morgan fingerprint density at radius 2 is 2.11 bits per heavy atom. The molecule has 0 heterocycles. The summed E-state index contributed by atoms with van der Waals surface area (Å²) in [5.74, 6) is -0.0478. The normalized spacial score (nSPS) is 14.0. The zero-order chi connectivity index (χ0) is 13.8. The third-order valence-electron chi connectivity index (χ3n) is 3.23. The van der Waals surface area contributed by atoms with E-state index in [1.165, 1.54) is 0 Å². The first kappa shape index (κ1) is 14.5. The van der Waals surface area contributed by atoms with Crippen molar-refractivity contribution < 1.29 is 14.6 Å². The molecule has 4 heteroatoms. The maximum atomic E-state index is 11.1. The zero-order valence-corrected chi connectivity index (χ0v) is 11.4. The van der Waals surface area contributed by atoms with Gasteiger partial charge in [-0.3, -0.25) is 4.79 Å². The summed E-state index contributed by atoms with van der Waals surface area (Å²) >= 11 is 0. The lowest BCUT2D eigenvalue weighted by molar-refractivity contribution is -0.144. The second-order valence-corrected chi connectivity index (χ2v) is 4.75. The Balaban J connectivity index is 2.61. The van der Waals surface area contributed by atoms with E-state index in [4.69, 9.17) is 9.84 Å². The van der Waals surface area contributed by atoms with Crippen LogP contribution in [0.15, 0.2) is 18.2 Å². The molecule has 1 unspecified atom stereocenters. The molecule has 2 N–H and O–H groups in total. The lowest BCUT2D eigenvalue weighted by Gasteiger charge is -2.24. The summed E-state index contributed by atoms with van der Waals surface area (Å²) in [5, 5.41) is 11.9. The Labute approximate surface area is 108 Å². The van der Waals surface area contributed by atoms with Crippen molar-refractivity contribution in [2.24, 2.45) is 0 Å². The van der Waals surface area contributed by atoms with Gasteiger partial charge in [-0.25, -0.2) is 0 Å². The van der Waals surface area contributed by atoms with Crippen LogP contribution in [-0.2, 0) is 4.79 Å². The summed E-state index contributed by atoms with van der Waals surface area (Å²) in [7, 11) is 1.64. The maximum absolute atomic E-state index is 11.1. The Kier molecular flexibility index (Phi) is 4.73. The van der Waals surface area contributed by atoms with E-state index < -0.39 is 11.5 Å². The Morgan fingerprint density at radius 1 is 1.44 bits per heavy atom. The van der Waals surface area contributed by atoms with Crippen molar-refractivity contribution in [1.82, 2.24) is 5.32 Å². The van der Waals surface area contributed by atoms with Gasteiger partial charge in [0.1, 0.15) is 11.3 Å². The number of hydrogen-bond donors (Lipinski definition) is 2. The molecule has 0 aliphatic carbocycles. The molecule has 0 radical (unpaired) electrons. The molecule has 0 aliphatic rings. The van der Waals surface area contributed by atoms with Crippen LogP contribution in [0.5, 0.6) is 5.75 Å². The largest absolute Gasteiger partial charge is 0.493 e. The number of carbonyl (C=O) groups is 1. The third-order valence-corrected chi connectivity index (χ3v) is 3.23. The van der Waals surface area contributed by atoms with Crippen molar-refractivity contribution in [3.05, 3.63) is 29.3 Å². The molecule has 4 nitrogen and oxygen atoms in total. The van der Waals surface area contributed by atoms with E-state index in [9.17, 15) is 4.79 Å². The van der Waals surface area contributed by atoms with Gasteiger partial charge in [0.15, 0.2) is 0 Å². The first-order valence-electron chi connectivity index (χ1n) is 6.01. The van der Waals surface area contributed by atoms with Crippen LogP contribution < -0.4 is 10.1 Å². The van der Waals surface area contributed by atoms with Crippen molar-refractivity contribution in [2.75, 3.05) is 13.7 Å². The summed E-state index contributed by atoms with van der Waals surface area (Å²) in [6.07, 6.45) is 0.409. The van der Waals surface area contributed by atoms with E-state index in [0.29, 0.717) is 13.0 Å². The predicted molar refractivity (Wildman–Crippen MR) is 71.1 cm³/mol. The van der Waals surface area contributed by atoms with Gasteiger partial charge < -0.3 is 15.2 Å². The van der Waals surface area contributed by atoms with Crippen LogP contribution in [0.4, 0.5) is 0 Å². The highest BCUT2D eigenvalue weighted by atomic mass is 16.5. The van der Waals surface area contributed by atoms with Gasteiger partial charge in [0.25, 0.3) is 0 Å². The van der Waals surface area contributed by atoms with E-state index in [1.54, 1.807) is 14.0 Å². The van der Waals surface area contributed by atoms with Crippen molar-refractivity contribution in [1.29, 1.82) is 0 Å². The van der Waals surface area contributed by atoms with Crippen LogP contribution in [-0.4, -0.2) is 30.3 Å². The fraction of sp³-hybridized carbons (Fsp3) is 0.500. The van der Waals surface area contributed by atoms with E-state index in [1.807, 2.05) is 32.0 Å². The van der Waals surface area contributed by atoms with Gasteiger partial charge in [0.2, 0.25) is 0 Å². The topological polar surface area (TPSA) is 58.6 Å². The van der Waals surface area contributed by atoms with Gasteiger partial charge in [-0.05, 0) is 45.0 Å². The molecule has 0 fully saturated rings. The molecule has 0 saturated heterocycles. The third kappa shape index (κ3) is 3.47. The number of nitrogens with one attached hydrogen (secondary N) is 1. The van der Waals surface area contributed by atoms with Crippen LogP contribution >= 0.6 is 0 Å². The van der Waals surface area contributed by atoms with Gasteiger partial charge in [-0.15, -0.1) is 0 Å². The van der Waals surface area contributed by atoms with Crippen LogP contribution in [0.3, 0.4) is 0 Å². The van der Waals surface area contributed by atoms with Crippen LogP contribution in [0.25, 0.3) is 0 Å². The molecule has 1 atom stereocenters. The van der Waals surface area contributed by atoms with Crippen LogP contribution in [0.2, 0.25) is 0 Å². The van der Waals surface area contributed by atoms with E-state index >= 15 is 0 Å². The Bertz CT molecular complexity index is 431. The minimum Gasteiger partial charge on any atom is -0.493 e. The maximum Gasteiger partial charge on any atom is 0.323 e. The quantitative estimate of drug-likeness (QED) is 0.813. The molecule has 0 amide bonds. The summed E-state index contributed by atoms with van der Waals surface area (Å²) in [5.41, 5.74) is 1.24. The summed E-state index contributed by atoms with van der Waals surface area (Å²) in [6, 6.07) is 5.99. The van der Waals surface area contributed by atoms with E-state index in [0.717, 1.165) is 16.9 Å². The molecule has 0 aromatic heterocycles. The van der Waals surface area contributed by atoms with E-state index in [2.05, 4.69) is 5.32 Å². The molecule has 1 aromatic rings. The molecule has 18 heavy (non-hydrogen) atoms. The minimum atomic E-state index is -0.947. The molecule has 100 valence electrons. The van der Waals surface area contributed by atoms with Gasteiger partial charge >= 0.3 is 5.97 Å². The molecule has 0 bridgehead atoms. The number of benzene rings is 1. The first-order chi connectivity index (χ1) is 8.39. The average Bonchev–Trinajstić information content (AvgIpc) is 2.33. The van der Waals surface area contributed by atoms with Gasteiger partial charge in [0, 0.05) is 6.42 Å². The zero-order valence-electron chi connectivity index (χ0n) is 11.4. The highest BCUT2D eigenvalue weighted by Gasteiger charge is 2.30. The van der Waals surface area contributed by atoms with Crippen molar-refractivity contribution in [3.8, 4) is 5.75 Å². The standard InChI is InChI=1S/C14H21NO3/c1-10-5-6-11(2)12(9-10)18-8-7-14(3,15-4)13(16)17/h5-6,9,15H,7-8H2,1-4H3,(H,16,17). The molecular weight excluding hydrogens is 230 g/mol. The average molecular weight is 251 g/mol. The second-order valence-electron chi connectivity index (χ2n) is 4.75. The summed E-state index contributed by atoms with van der Waals surface area (Å²) < 4.78 is 5.66. The second kappa shape index (κ2) is 5.87. The summed E-state index contributed by atoms with van der Waals surface area (Å²) in [4.78, 5) is 11.1. The van der Waals surface area contributed by atoms with Gasteiger partial charge in [-0.2, -0.15) is 0 Å².